The van der Waals surface area contributed by atoms with E-state index >= 15 is 0 Å². The van der Waals surface area contributed by atoms with Crippen LogP contribution < -0.4 is 4.74 Å². The minimum atomic E-state index is -0.980. The van der Waals surface area contributed by atoms with Gasteiger partial charge in [0.25, 0.3) is 0 Å². The predicted molar refractivity (Wildman–Crippen MR) is 67.8 cm³/mol. The summed E-state index contributed by atoms with van der Waals surface area (Å²) in [5.74, 6) is -0.221. The number of carboxylic acid groups (broad SMARTS) is 1. The van der Waals surface area contributed by atoms with Crippen molar-refractivity contribution in [1.82, 2.24) is 4.98 Å². The van der Waals surface area contributed by atoms with Crippen LogP contribution in [0.15, 0.2) is 42.6 Å². The van der Waals surface area contributed by atoms with Crippen LogP contribution in [0.25, 0.3) is 11.3 Å². The lowest BCUT2D eigenvalue weighted by Gasteiger charge is -2.06. The SMILES string of the molecule is CCOc1ccc(-c2ncccc2C(=O)O)cc1. The van der Waals surface area contributed by atoms with Crippen LogP contribution in [0.1, 0.15) is 17.3 Å². The van der Waals surface area contributed by atoms with Crippen LogP contribution in [0, 0.1) is 0 Å². The van der Waals surface area contributed by atoms with Gasteiger partial charge in [-0.2, -0.15) is 0 Å². The molecule has 1 aromatic carbocycles. The molecule has 92 valence electrons. The third-order valence-corrected chi connectivity index (χ3v) is 2.48. The number of rotatable bonds is 4. The van der Waals surface area contributed by atoms with E-state index in [0.29, 0.717) is 12.3 Å². The van der Waals surface area contributed by atoms with E-state index < -0.39 is 5.97 Å². The van der Waals surface area contributed by atoms with Gasteiger partial charge in [-0.3, -0.25) is 4.98 Å². The fourth-order valence-electron chi connectivity index (χ4n) is 1.68. The second kappa shape index (κ2) is 5.31. The van der Waals surface area contributed by atoms with Crippen molar-refractivity contribution in [2.24, 2.45) is 0 Å². The summed E-state index contributed by atoms with van der Waals surface area (Å²) in [4.78, 5) is 15.2. The van der Waals surface area contributed by atoms with Gasteiger partial charge in [-0.15, -0.1) is 0 Å². The van der Waals surface area contributed by atoms with E-state index in [1.54, 1.807) is 42.6 Å². The Morgan fingerprint density at radius 2 is 2.00 bits per heavy atom. The Morgan fingerprint density at radius 1 is 1.28 bits per heavy atom. The van der Waals surface area contributed by atoms with Crippen LogP contribution in [0.4, 0.5) is 0 Å². The van der Waals surface area contributed by atoms with Crippen molar-refractivity contribution in [2.45, 2.75) is 6.92 Å². The molecular weight excluding hydrogens is 230 g/mol. The summed E-state index contributed by atoms with van der Waals surface area (Å²) in [6, 6.07) is 10.4. The molecule has 0 unspecified atom stereocenters. The van der Waals surface area contributed by atoms with E-state index in [1.165, 1.54) is 0 Å². The van der Waals surface area contributed by atoms with Gasteiger partial charge >= 0.3 is 5.97 Å². The molecule has 0 atom stereocenters. The number of pyridine rings is 1. The molecule has 0 fully saturated rings. The highest BCUT2D eigenvalue weighted by molar-refractivity contribution is 5.94. The molecule has 4 heteroatoms. The average Bonchev–Trinajstić information content (AvgIpc) is 2.40. The maximum absolute atomic E-state index is 11.1. The van der Waals surface area contributed by atoms with Gasteiger partial charge in [0.1, 0.15) is 5.75 Å². The summed E-state index contributed by atoms with van der Waals surface area (Å²) >= 11 is 0. The first kappa shape index (κ1) is 12.1. The monoisotopic (exact) mass is 243 g/mol. The number of ether oxygens (including phenoxy) is 1. The minimum Gasteiger partial charge on any atom is -0.494 e. The molecular formula is C14H13NO3. The molecule has 0 saturated carbocycles. The van der Waals surface area contributed by atoms with E-state index in [0.717, 1.165) is 11.3 Å². The van der Waals surface area contributed by atoms with Crippen molar-refractivity contribution in [3.05, 3.63) is 48.2 Å². The third kappa shape index (κ3) is 2.48. The van der Waals surface area contributed by atoms with Crippen molar-refractivity contribution in [3.8, 4) is 17.0 Å². The molecule has 1 aromatic heterocycles. The van der Waals surface area contributed by atoms with Crippen molar-refractivity contribution in [1.29, 1.82) is 0 Å². The predicted octanol–water partition coefficient (Wildman–Crippen LogP) is 2.85. The molecule has 0 aliphatic carbocycles. The quantitative estimate of drug-likeness (QED) is 0.897. The van der Waals surface area contributed by atoms with Crippen molar-refractivity contribution in [3.63, 3.8) is 0 Å². The van der Waals surface area contributed by atoms with Crippen LogP contribution in [0.3, 0.4) is 0 Å². The van der Waals surface area contributed by atoms with Crippen molar-refractivity contribution >= 4 is 5.97 Å². The Kier molecular flexibility index (Phi) is 3.57. The second-order valence-electron chi connectivity index (χ2n) is 3.66. The van der Waals surface area contributed by atoms with Gasteiger partial charge in [0.15, 0.2) is 0 Å². The molecule has 18 heavy (non-hydrogen) atoms. The molecule has 0 aliphatic heterocycles. The molecule has 0 spiro atoms. The maximum atomic E-state index is 11.1. The van der Waals surface area contributed by atoms with Crippen LogP contribution in [-0.4, -0.2) is 22.7 Å². The van der Waals surface area contributed by atoms with E-state index in [9.17, 15) is 4.79 Å². The summed E-state index contributed by atoms with van der Waals surface area (Å²) in [6.45, 7) is 2.51. The van der Waals surface area contributed by atoms with Crippen LogP contribution in [-0.2, 0) is 0 Å². The molecule has 0 radical (unpaired) electrons. The Morgan fingerprint density at radius 3 is 2.61 bits per heavy atom. The highest BCUT2D eigenvalue weighted by Gasteiger charge is 2.12. The minimum absolute atomic E-state index is 0.196. The zero-order valence-electron chi connectivity index (χ0n) is 9.96. The number of hydrogen-bond donors (Lipinski definition) is 1. The van der Waals surface area contributed by atoms with Gasteiger partial charge in [0.2, 0.25) is 0 Å². The molecule has 4 nitrogen and oxygen atoms in total. The number of aromatic nitrogens is 1. The van der Waals surface area contributed by atoms with Gasteiger partial charge in [-0.25, -0.2) is 4.79 Å². The Balaban J connectivity index is 2.39. The van der Waals surface area contributed by atoms with Crippen LogP contribution in [0.5, 0.6) is 5.75 Å². The van der Waals surface area contributed by atoms with Gasteiger partial charge in [0.05, 0.1) is 17.9 Å². The summed E-state index contributed by atoms with van der Waals surface area (Å²) in [5.41, 5.74) is 1.42. The average molecular weight is 243 g/mol. The number of carboxylic acids is 1. The van der Waals surface area contributed by atoms with E-state index in [4.69, 9.17) is 9.84 Å². The first-order valence-corrected chi connectivity index (χ1v) is 5.64. The first-order valence-electron chi connectivity index (χ1n) is 5.64. The third-order valence-electron chi connectivity index (χ3n) is 2.48. The molecule has 2 aromatic rings. The Bertz CT molecular complexity index is 549. The van der Waals surface area contributed by atoms with Gasteiger partial charge in [-0.05, 0) is 43.3 Å². The fraction of sp³-hybridized carbons (Fsp3) is 0.143. The standard InChI is InChI=1S/C14H13NO3/c1-2-18-11-7-5-10(6-8-11)13-12(14(16)17)4-3-9-15-13/h3-9H,2H2,1H3,(H,16,17). The molecule has 1 N–H and O–H groups in total. The topological polar surface area (TPSA) is 59.4 Å². The molecule has 0 saturated heterocycles. The zero-order valence-corrected chi connectivity index (χ0v) is 9.96. The Labute approximate surface area is 105 Å². The molecule has 0 amide bonds. The van der Waals surface area contributed by atoms with E-state index in [-0.39, 0.29) is 5.56 Å². The lowest BCUT2D eigenvalue weighted by Crippen LogP contribution is -2.01. The normalized spacial score (nSPS) is 10.1. The molecule has 0 bridgehead atoms. The van der Waals surface area contributed by atoms with Crippen molar-refractivity contribution < 1.29 is 14.6 Å². The maximum Gasteiger partial charge on any atom is 0.337 e. The molecule has 1 heterocycles. The number of carbonyl (C=O) groups is 1. The summed E-state index contributed by atoms with van der Waals surface area (Å²) in [7, 11) is 0. The number of hydrogen-bond acceptors (Lipinski definition) is 3. The van der Waals surface area contributed by atoms with E-state index in [1.807, 2.05) is 6.92 Å². The largest absolute Gasteiger partial charge is 0.494 e. The van der Waals surface area contributed by atoms with E-state index in [2.05, 4.69) is 4.98 Å². The number of nitrogens with zero attached hydrogens (tertiary/aromatic N) is 1. The summed E-state index contributed by atoms with van der Waals surface area (Å²) in [6.07, 6.45) is 1.58. The Hall–Kier alpha value is -2.36. The number of aromatic carboxylic acids is 1. The number of benzene rings is 1. The fourth-order valence-corrected chi connectivity index (χ4v) is 1.68. The zero-order chi connectivity index (χ0) is 13.0. The van der Waals surface area contributed by atoms with Gasteiger partial charge in [-0.1, -0.05) is 0 Å². The van der Waals surface area contributed by atoms with Gasteiger partial charge in [0, 0.05) is 11.8 Å². The lowest BCUT2D eigenvalue weighted by atomic mass is 10.1. The molecule has 2 rings (SSSR count). The first-order chi connectivity index (χ1) is 8.72. The highest BCUT2D eigenvalue weighted by atomic mass is 16.5. The van der Waals surface area contributed by atoms with Gasteiger partial charge < -0.3 is 9.84 Å². The van der Waals surface area contributed by atoms with Crippen LogP contribution >= 0.6 is 0 Å². The summed E-state index contributed by atoms with van der Waals surface area (Å²) in [5, 5.41) is 9.10. The second-order valence-corrected chi connectivity index (χ2v) is 3.66. The lowest BCUT2D eigenvalue weighted by molar-refractivity contribution is 0.0697. The van der Waals surface area contributed by atoms with Crippen LogP contribution in [0.2, 0.25) is 0 Å². The summed E-state index contributed by atoms with van der Waals surface area (Å²) < 4.78 is 5.34. The highest BCUT2D eigenvalue weighted by Crippen LogP contribution is 2.23. The smallest absolute Gasteiger partial charge is 0.337 e. The van der Waals surface area contributed by atoms with Crippen molar-refractivity contribution in [2.75, 3.05) is 6.61 Å². The molecule has 0 aliphatic rings.